The van der Waals surface area contributed by atoms with Crippen molar-refractivity contribution in [3.8, 4) is 11.5 Å². The van der Waals surface area contributed by atoms with Gasteiger partial charge in [-0.05, 0) is 18.2 Å². The van der Waals surface area contributed by atoms with E-state index in [-0.39, 0.29) is 11.5 Å². The minimum Gasteiger partial charge on any atom is -0.504 e. The van der Waals surface area contributed by atoms with Crippen LogP contribution in [0.15, 0.2) is 24.3 Å². The third-order valence-corrected chi connectivity index (χ3v) is 1.38. The summed E-state index contributed by atoms with van der Waals surface area (Å²) in [5, 5.41) is 18.2. The second kappa shape index (κ2) is 3.57. The Balaban J connectivity index is 3.07. The number of benzene rings is 1. The van der Waals surface area contributed by atoms with Crippen LogP contribution in [0.1, 0.15) is 5.56 Å². The van der Waals surface area contributed by atoms with E-state index in [1.54, 1.807) is 12.1 Å². The highest BCUT2D eigenvalue weighted by Gasteiger charge is 2.00. The summed E-state index contributed by atoms with van der Waals surface area (Å²) in [5.41, 5.74) is 0.387. The summed E-state index contributed by atoms with van der Waals surface area (Å²) in [5.74, 6) is -0.438. The number of hydrogen-bond acceptors (Lipinski definition) is 3. The third-order valence-electron chi connectivity index (χ3n) is 1.38. The van der Waals surface area contributed by atoms with Gasteiger partial charge in [0.2, 0.25) is 6.29 Å². The second-order valence-electron chi connectivity index (χ2n) is 2.17. The zero-order valence-corrected chi connectivity index (χ0v) is 6.19. The normalized spacial score (nSPS) is 10.3. The fourth-order valence-electron chi connectivity index (χ4n) is 0.807. The van der Waals surface area contributed by atoms with Crippen LogP contribution in [0.25, 0.3) is 6.08 Å². The average molecular weight is 163 g/mol. The third kappa shape index (κ3) is 1.63. The van der Waals surface area contributed by atoms with Crippen molar-refractivity contribution < 1.29 is 15.0 Å². The molecule has 0 aliphatic carbocycles. The quantitative estimate of drug-likeness (QED) is 0.509. The van der Waals surface area contributed by atoms with Crippen LogP contribution in [-0.2, 0) is 4.79 Å². The van der Waals surface area contributed by atoms with Crippen LogP contribution < -0.4 is 0 Å². The first-order valence-corrected chi connectivity index (χ1v) is 3.31. The van der Waals surface area contributed by atoms with Crippen molar-refractivity contribution in [1.29, 1.82) is 0 Å². The van der Waals surface area contributed by atoms with Gasteiger partial charge in [-0.3, -0.25) is 4.79 Å². The van der Waals surface area contributed by atoms with E-state index in [0.717, 1.165) is 6.08 Å². The maximum atomic E-state index is 9.82. The summed E-state index contributed by atoms with van der Waals surface area (Å²) >= 11 is 0. The molecular formula is C9H7O3. The first kappa shape index (κ1) is 8.33. The molecule has 3 heteroatoms. The van der Waals surface area contributed by atoms with Crippen LogP contribution in [0.3, 0.4) is 0 Å². The van der Waals surface area contributed by atoms with Gasteiger partial charge in [0.05, 0.1) is 0 Å². The Morgan fingerprint density at radius 1 is 1.33 bits per heavy atom. The topological polar surface area (TPSA) is 57.5 Å². The largest absolute Gasteiger partial charge is 0.504 e. The van der Waals surface area contributed by atoms with E-state index < -0.39 is 0 Å². The molecule has 1 radical (unpaired) electrons. The molecule has 0 spiro atoms. The maximum Gasteiger partial charge on any atom is 0.225 e. The van der Waals surface area contributed by atoms with Crippen molar-refractivity contribution in [2.75, 3.05) is 0 Å². The summed E-state index contributed by atoms with van der Waals surface area (Å²) < 4.78 is 0. The van der Waals surface area contributed by atoms with E-state index in [1.807, 2.05) is 0 Å². The molecule has 61 valence electrons. The number of phenolic OH excluding ortho intramolecular Hbond substituents is 2. The number of phenols is 2. The second-order valence-corrected chi connectivity index (χ2v) is 2.17. The summed E-state index contributed by atoms with van der Waals surface area (Å²) in [4.78, 5) is 9.82. The van der Waals surface area contributed by atoms with Gasteiger partial charge in [-0.2, -0.15) is 0 Å². The van der Waals surface area contributed by atoms with Crippen molar-refractivity contribution in [2.24, 2.45) is 0 Å². The Morgan fingerprint density at radius 2 is 2.08 bits per heavy atom. The van der Waals surface area contributed by atoms with E-state index in [4.69, 9.17) is 5.11 Å². The predicted molar refractivity (Wildman–Crippen MR) is 44.5 cm³/mol. The van der Waals surface area contributed by atoms with E-state index in [0.29, 0.717) is 5.56 Å². The van der Waals surface area contributed by atoms with Crippen LogP contribution in [-0.4, -0.2) is 16.5 Å². The van der Waals surface area contributed by atoms with Gasteiger partial charge in [0, 0.05) is 5.56 Å². The molecule has 0 amide bonds. The first-order chi connectivity index (χ1) is 5.75. The fraction of sp³-hybridized carbons (Fsp3) is 0. The molecular weight excluding hydrogens is 156 g/mol. The SMILES string of the molecule is O=[C]/C=C/c1cccc(O)c1O. The van der Waals surface area contributed by atoms with Crippen molar-refractivity contribution in [3.63, 3.8) is 0 Å². The molecule has 1 aromatic carbocycles. The molecule has 0 fully saturated rings. The van der Waals surface area contributed by atoms with E-state index in [1.165, 1.54) is 18.4 Å². The molecule has 0 aliphatic heterocycles. The summed E-state index contributed by atoms with van der Waals surface area (Å²) in [6.07, 6.45) is 4.02. The number of hydrogen-bond donors (Lipinski definition) is 2. The zero-order valence-electron chi connectivity index (χ0n) is 6.19. The van der Waals surface area contributed by atoms with Gasteiger partial charge in [-0.25, -0.2) is 0 Å². The molecule has 0 aromatic heterocycles. The van der Waals surface area contributed by atoms with Gasteiger partial charge in [0.25, 0.3) is 0 Å². The molecule has 0 aliphatic rings. The highest BCUT2D eigenvalue weighted by molar-refractivity contribution is 5.76. The number of carbonyl (C=O) groups excluding carboxylic acids is 1. The van der Waals surface area contributed by atoms with Gasteiger partial charge in [0.15, 0.2) is 11.5 Å². The van der Waals surface area contributed by atoms with Gasteiger partial charge < -0.3 is 10.2 Å². The van der Waals surface area contributed by atoms with Crippen LogP contribution in [0.5, 0.6) is 11.5 Å². The molecule has 1 aromatic rings. The molecule has 0 saturated heterocycles. The van der Waals surface area contributed by atoms with Crippen molar-refractivity contribution in [1.82, 2.24) is 0 Å². The molecule has 0 bridgehead atoms. The molecule has 3 nitrogen and oxygen atoms in total. The van der Waals surface area contributed by atoms with Crippen LogP contribution in [0, 0.1) is 0 Å². The molecule has 0 unspecified atom stereocenters. The van der Waals surface area contributed by atoms with Gasteiger partial charge >= 0.3 is 0 Å². The van der Waals surface area contributed by atoms with Crippen molar-refractivity contribution in [3.05, 3.63) is 29.8 Å². The lowest BCUT2D eigenvalue weighted by Crippen LogP contribution is -1.75. The highest BCUT2D eigenvalue weighted by atomic mass is 16.3. The Hall–Kier alpha value is -1.77. The van der Waals surface area contributed by atoms with Crippen molar-refractivity contribution in [2.45, 2.75) is 0 Å². The lowest BCUT2D eigenvalue weighted by molar-refractivity contribution is 0.403. The maximum absolute atomic E-state index is 9.82. The Labute approximate surface area is 69.6 Å². The van der Waals surface area contributed by atoms with Crippen LogP contribution in [0.4, 0.5) is 0 Å². The Kier molecular flexibility index (Phi) is 2.48. The number of para-hydroxylation sites is 1. The van der Waals surface area contributed by atoms with Gasteiger partial charge in [-0.1, -0.05) is 12.1 Å². The Bertz CT molecular complexity index is 316. The van der Waals surface area contributed by atoms with E-state index in [2.05, 4.69) is 0 Å². The van der Waals surface area contributed by atoms with Crippen LogP contribution >= 0.6 is 0 Å². The molecule has 1 rings (SSSR count). The van der Waals surface area contributed by atoms with Gasteiger partial charge in [-0.15, -0.1) is 0 Å². The number of aromatic hydroxyl groups is 2. The van der Waals surface area contributed by atoms with Crippen LogP contribution in [0.2, 0.25) is 0 Å². The standard InChI is InChI=1S/C9H7O3/c10-6-2-4-7-3-1-5-8(11)9(7)12/h1-5,11-12H/b4-2+. The van der Waals surface area contributed by atoms with E-state index in [9.17, 15) is 9.90 Å². The monoisotopic (exact) mass is 163 g/mol. The molecule has 12 heavy (non-hydrogen) atoms. The van der Waals surface area contributed by atoms with E-state index >= 15 is 0 Å². The first-order valence-electron chi connectivity index (χ1n) is 3.31. The molecule has 0 heterocycles. The van der Waals surface area contributed by atoms with Crippen molar-refractivity contribution >= 4 is 12.4 Å². The summed E-state index contributed by atoms with van der Waals surface area (Å²) in [6, 6.07) is 4.50. The minimum absolute atomic E-state index is 0.206. The lowest BCUT2D eigenvalue weighted by Gasteiger charge is -1.99. The predicted octanol–water partition coefficient (Wildman–Crippen LogP) is 1.22. The number of rotatable bonds is 2. The molecule has 0 saturated carbocycles. The lowest BCUT2D eigenvalue weighted by atomic mass is 10.2. The average Bonchev–Trinajstić information content (AvgIpc) is 2.08. The smallest absolute Gasteiger partial charge is 0.225 e. The fourth-order valence-corrected chi connectivity index (χ4v) is 0.807. The highest BCUT2D eigenvalue weighted by Crippen LogP contribution is 2.28. The summed E-state index contributed by atoms with van der Waals surface area (Å²) in [7, 11) is 0. The summed E-state index contributed by atoms with van der Waals surface area (Å²) in [6.45, 7) is 0. The number of allylic oxidation sites excluding steroid dienone is 1. The zero-order chi connectivity index (χ0) is 8.97. The van der Waals surface area contributed by atoms with Gasteiger partial charge in [0.1, 0.15) is 0 Å². The molecule has 0 atom stereocenters. The molecule has 2 N–H and O–H groups in total. The Morgan fingerprint density at radius 3 is 2.75 bits per heavy atom. The minimum atomic E-state index is -0.232.